The third kappa shape index (κ3) is 1.74. The SMILES string of the molecule is NC(Cn1c(=O)oc2ccccc21)c1ccco1. The predicted molar refractivity (Wildman–Crippen MR) is 66.1 cm³/mol. The normalized spacial score (nSPS) is 12.9. The van der Waals surface area contributed by atoms with E-state index in [4.69, 9.17) is 14.6 Å². The Morgan fingerprint density at radius 3 is 2.83 bits per heavy atom. The minimum atomic E-state index is -0.404. The van der Waals surface area contributed by atoms with Gasteiger partial charge < -0.3 is 14.6 Å². The van der Waals surface area contributed by atoms with Crippen molar-refractivity contribution in [1.29, 1.82) is 0 Å². The molecule has 5 heteroatoms. The highest BCUT2D eigenvalue weighted by Crippen LogP contribution is 2.16. The predicted octanol–water partition coefficient (Wildman–Crippen LogP) is 1.89. The molecule has 0 spiro atoms. The topological polar surface area (TPSA) is 74.3 Å². The number of rotatable bonds is 3. The zero-order valence-corrected chi connectivity index (χ0v) is 9.58. The summed E-state index contributed by atoms with van der Waals surface area (Å²) in [5, 5.41) is 0. The molecular weight excluding hydrogens is 232 g/mol. The van der Waals surface area contributed by atoms with Crippen molar-refractivity contribution in [3.05, 3.63) is 59.0 Å². The number of hydrogen-bond acceptors (Lipinski definition) is 4. The maximum Gasteiger partial charge on any atom is 0.420 e. The van der Waals surface area contributed by atoms with Crippen LogP contribution in [0.5, 0.6) is 0 Å². The number of nitrogens with zero attached hydrogens (tertiary/aromatic N) is 1. The van der Waals surface area contributed by atoms with Crippen LogP contribution in [0.15, 0.2) is 56.3 Å². The van der Waals surface area contributed by atoms with Crippen molar-refractivity contribution in [3.63, 3.8) is 0 Å². The number of nitrogens with two attached hydrogens (primary N) is 1. The number of benzene rings is 1. The molecule has 5 nitrogen and oxygen atoms in total. The van der Waals surface area contributed by atoms with E-state index in [0.29, 0.717) is 17.9 Å². The van der Waals surface area contributed by atoms with Gasteiger partial charge in [0.15, 0.2) is 5.58 Å². The first kappa shape index (κ1) is 10.9. The number of furan rings is 1. The lowest BCUT2D eigenvalue weighted by Gasteiger charge is -2.08. The van der Waals surface area contributed by atoms with Crippen LogP contribution in [-0.4, -0.2) is 4.57 Å². The molecule has 0 fully saturated rings. The monoisotopic (exact) mass is 244 g/mol. The number of oxazole rings is 1. The van der Waals surface area contributed by atoms with Crippen LogP contribution in [0.3, 0.4) is 0 Å². The molecule has 1 atom stereocenters. The highest BCUT2D eigenvalue weighted by molar-refractivity contribution is 5.72. The van der Waals surface area contributed by atoms with E-state index >= 15 is 0 Å². The fourth-order valence-electron chi connectivity index (χ4n) is 1.98. The molecule has 2 heterocycles. The second-order valence-corrected chi connectivity index (χ2v) is 4.07. The number of hydrogen-bond donors (Lipinski definition) is 1. The molecule has 0 saturated carbocycles. The van der Waals surface area contributed by atoms with Crippen LogP contribution in [0, 0.1) is 0 Å². The summed E-state index contributed by atoms with van der Waals surface area (Å²) < 4.78 is 11.9. The Morgan fingerprint density at radius 1 is 1.22 bits per heavy atom. The number of para-hydroxylation sites is 2. The molecular formula is C13H12N2O3. The summed E-state index contributed by atoms with van der Waals surface area (Å²) >= 11 is 0. The molecule has 0 amide bonds. The Bertz CT molecular complexity index is 709. The summed E-state index contributed by atoms with van der Waals surface area (Å²) in [6.07, 6.45) is 1.56. The summed E-state index contributed by atoms with van der Waals surface area (Å²) in [4.78, 5) is 11.8. The van der Waals surface area contributed by atoms with E-state index in [2.05, 4.69) is 0 Å². The van der Waals surface area contributed by atoms with Gasteiger partial charge in [-0.15, -0.1) is 0 Å². The van der Waals surface area contributed by atoms with Crippen LogP contribution in [0.2, 0.25) is 0 Å². The minimum absolute atomic E-state index is 0.323. The van der Waals surface area contributed by atoms with E-state index in [0.717, 1.165) is 5.52 Å². The molecule has 0 bridgehead atoms. The maximum absolute atomic E-state index is 11.8. The van der Waals surface area contributed by atoms with Crippen molar-refractivity contribution in [1.82, 2.24) is 4.57 Å². The summed E-state index contributed by atoms with van der Waals surface area (Å²) in [6, 6.07) is 10.4. The van der Waals surface area contributed by atoms with Gasteiger partial charge >= 0.3 is 5.76 Å². The fraction of sp³-hybridized carbons (Fsp3) is 0.154. The van der Waals surface area contributed by atoms with Crippen molar-refractivity contribution in [2.45, 2.75) is 12.6 Å². The smallest absolute Gasteiger partial charge is 0.420 e. The summed E-state index contributed by atoms with van der Waals surface area (Å²) in [7, 11) is 0. The van der Waals surface area contributed by atoms with Crippen molar-refractivity contribution in [2.24, 2.45) is 5.73 Å². The highest BCUT2D eigenvalue weighted by atomic mass is 16.4. The Hall–Kier alpha value is -2.27. The second kappa shape index (κ2) is 4.19. The first-order valence-corrected chi connectivity index (χ1v) is 5.63. The van der Waals surface area contributed by atoms with Gasteiger partial charge in [-0.1, -0.05) is 12.1 Å². The average Bonchev–Trinajstić information content (AvgIpc) is 2.98. The van der Waals surface area contributed by atoms with Gasteiger partial charge in [0.1, 0.15) is 5.76 Å². The molecule has 3 aromatic rings. The van der Waals surface area contributed by atoms with Gasteiger partial charge in [-0.05, 0) is 24.3 Å². The number of aromatic nitrogens is 1. The zero-order chi connectivity index (χ0) is 12.5. The van der Waals surface area contributed by atoms with Crippen LogP contribution < -0.4 is 11.5 Å². The summed E-state index contributed by atoms with van der Waals surface area (Å²) in [5.41, 5.74) is 7.30. The van der Waals surface area contributed by atoms with E-state index < -0.39 is 5.76 Å². The Kier molecular flexibility index (Phi) is 2.53. The van der Waals surface area contributed by atoms with Gasteiger partial charge in [0.2, 0.25) is 0 Å². The van der Waals surface area contributed by atoms with Gasteiger partial charge in [0, 0.05) is 0 Å². The number of fused-ring (bicyclic) bond motifs is 1. The van der Waals surface area contributed by atoms with E-state index in [-0.39, 0.29) is 6.04 Å². The van der Waals surface area contributed by atoms with Crippen LogP contribution in [0.25, 0.3) is 11.1 Å². The Morgan fingerprint density at radius 2 is 2.06 bits per heavy atom. The van der Waals surface area contributed by atoms with Crippen molar-refractivity contribution in [3.8, 4) is 0 Å². The van der Waals surface area contributed by atoms with Gasteiger partial charge in [-0.25, -0.2) is 4.79 Å². The van der Waals surface area contributed by atoms with Gasteiger partial charge in [-0.2, -0.15) is 0 Å². The van der Waals surface area contributed by atoms with Gasteiger partial charge in [0.25, 0.3) is 0 Å². The third-order valence-corrected chi connectivity index (χ3v) is 2.86. The molecule has 2 N–H and O–H groups in total. The van der Waals surface area contributed by atoms with Crippen molar-refractivity contribution < 1.29 is 8.83 Å². The van der Waals surface area contributed by atoms with E-state index in [9.17, 15) is 4.79 Å². The van der Waals surface area contributed by atoms with Crippen LogP contribution in [0.4, 0.5) is 0 Å². The van der Waals surface area contributed by atoms with Crippen LogP contribution in [-0.2, 0) is 6.54 Å². The molecule has 0 aliphatic carbocycles. The van der Waals surface area contributed by atoms with E-state index in [1.807, 2.05) is 18.2 Å². The summed E-state index contributed by atoms with van der Waals surface area (Å²) in [5.74, 6) is 0.241. The summed E-state index contributed by atoms with van der Waals surface area (Å²) in [6.45, 7) is 0.323. The lowest BCUT2D eigenvalue weighted by atomic mass is 10.2. The van der Waals surface area contributed by atoms with Crippen LogP contribution >= 0.6 is 0 Å². The van der Waals surface area contributed by atoms with Crippen molar-refractivity contribution >= 4 is 11.1 Å². The standard InChI is InChI=1S/C13H12N2O3/c14-9(11-6-3-7-17-11)8-15-10-4-1-2-5-12(10)18-13(15)16/h1-7,9H,8,14H2. The lowest BCUT2D eigenvalue weighted by Crippen LogP contribution is -2.23. The molecule has 92 valence electrons. The molecule has 0 saturated heterocycles. The molecule has 2 aromatic heterocycles. The second-order valence-electron chi connectivity index (χ2n) is 4.07. The molecule has 18 heavy (non-hydrogen) atoms. The average molecular weight is 244 g/mol. The molecule has 1 aromatic carbocycles. The Labute approximate surface area is 102 Å². The first-order valence-electron chi connectivity index (χ1n) is 5.63. The first-order chi connectivity index (χ1) is 8.75. The highest BCUT2D eigenvalue weighted by Gasteiger charge is 2.14. The fourth-order valence-corrected chi connectivity index (χ4v) is 1.98. The van der Waals surface area contributed by atoms with Crippen LogP contribution in [0.1, 0.15) is 11.8 Å². The largest absolute Gasteiger partial charge is 0.468 e. The molecule has 0 aliphatic rings. The quantitative estimate of drug-likeness (QED) is 0.763. The van der Waals surface area contributed by atoms with E-state index in [1.54, 1.807) is 24.5 Å². The molecule has 0 radical (unpaired) electrons. The molecule has 3 rings (SSSR count). The van der Waals surface area contributed by atoms with Gasteiger partial charge in [-0.3, -0.25) is 4.57 Å². The minimum Gasteiger partial charge on any atom is -0.468 e. The van der Waals surface area contributed by atoms with Crippen molar-refractivity contribution in [2.75, 3.05) is 0 Å². The zero-order valence-electron chi connectivity index (χ0n) is 9.58. The third-order valence-electron chi connectivity index (χ3n) is 2.86. The Balaban J connectivity index is 2.00. The molecule has 0 aliphatic heterocycles. The maximum atomic E-state index is 11.8. The lowest BCUT2D eigenvalue weighted by molar-refractivity contribution is 0.418. The molecule has 1 unspecified atom stereocenters. The van der Waals surface area contributed by atoms with E-state index in [1.165, 1.54) is 4.57 Å². The van der Waals surface area contributed by atoms with Gasteiger partial charge in [0.05, 0.1) is 24.4 Å².